The highest BCUT2D eigenvalue weighted by Crippen LogP contribution is 2.33. The molecule has 0 unspecified atom stereocenters. The molecule has 5 heteroatoms. The van der Waals surface area contributed by atoms with Crippen molar-refractivity contribution in [3.63, 3.8) is 0 Å². The quantitative estimate of drug-likeness (QED) is 0.687. The number of fused-ring (bicyclic) bond motifs is 2. The summed E-state index contributed by atoms with van der Waals surface area (Å²) in [6.45, 7) is 4.43. The Morgan fingerprint density at radius 2 is 2.40 bits per heavy atom. The standard InChI is InChI=1S/C10H11N3O2/c1-10(2)8(14)12-9-11-7-6(3-4-15-7)5-13(9)10/h3-4H,5H2,1-2H3,(H,11,12,14). The van der Waals surface area contributed by atoms with Crippen LogP contribution in [0.5, 0.6) is 0 Å². The molecule has 1 N–H and O–H groups in total. The number of amides is 1. The van der Waals surface area contributed by atoms with Gasteiger partial charge in [-0.05, 0) is 19.9 Å². The molecule has 3 heterocycles. The van der Waals surface area contributed by atoms with Crippen LogP contribution < -0.4 is 5.32 Å². The Labute approximate surface area is 86.8 Å². The molecule has 1 aromatic heterocycles. The second kappa shape index (κ2) is 2.42. The Hall–Kier alpha value is -1.78. The second-order valence-electron chi connectivity index (χ2n) is 4.29. The van der Waals surface area contributed by atoms with Crippen LogP contribution in [0.15, 0.2) is 21.7 Å². The van der Waals surface area contributed by atoms with E-state index in [1.165, 1.54) is 0 Å². The van der Waals surface area contributed by atoms with Crippen LogP contribution in [-0.4, -0.2) is 22.3 Å². The van der Waals surface area contributed by atoms with Gasteiger partial charge in [0.1, 0.15) is 5.54 Å². The molecule has 0 spiro atoms. The summed E-state index contributed by atoms with van der Waals surface area (Å²) >= 11 is 0. The molecular formula is C10H11N3O2. The van der Waals surface area contributed by atoms with Crippen LogP contribution in [0.4, 0.5) is 5.88 Å². The molecule has 3 rings (SSSR count). The van der Waals surface area contributed by atoms with Crippen molar-refractivity contribution in [2.24, 2.45) is 4.99 Å². The lowest BCUT2D eigenvalue weighted by Gasteiger charge is -2.31. The van der Waals surface area contributed by atoms with Crippen molar-refractivity contribution in [1.82, 2.24) is 10.2 Å². The van der Waals surface area contributed by atoms with E-state index >= 15 is 0 Å². The first-order chi connectivity index (χ1) is 7.09. The zero-order valence-electron chi connectivity index (χ0n) is 8.57. The third-order valence-corrected chi connectivity index (χ3v) is 2.97. The zero-order valence-corrected chi connectivity index (χ0v) is 8.57. The second-order valence-corrected chi connectivity index (χ2v) is 4.29. The number of hydrogen-bond acceptors (Lipinski definition) is 4. The average Bonchev–Trinajstić information content (AvgIpc) is 2.69. The number of furan rings is 1. The zero-order chi connectivity index (χ0) is 10.6. The Balaban J connectivity index is 2.10. The summed E-state index contributed by atoms with van der Waals surface area (Å²) in [4.78, 5) is 17.9. The average molecular weight is 205 g/mol. The van der Waals surface area contributed by atoms with Crippen LogP contribution in [0, 0.1) is 0 Å². The highest BCUT2D eigenvalue weighted by molar-refractivity contribution is 6.09. The van der Waals surface area contributed by atoms with Crippen molar-refractivity contribution < 1.29 is 9.21 Å². The summed E-state index contributed by atoms with van der Waals surface area (Å²) in [6.07, 6.45) is 1.62. The minimum atomic E-state index is -0.534. The van der Waals surface area contributed by atoms with Crippen molar-refractivity contribution >= 4 is 17.8 Å². The minimum Gasteiger partial charge on any atom is -0.446 e. The normalized spacial score (nSPS) is 21.9. The summed E-state index contributed by atoms with van der Waals surface area (Å²) in [7, 11) is 0. The molecule has 0 aliphatic carbocycles. The van der Waals surface area contributed by atoms with Gasteiger partial charge in [-0.2, -0.15) is 4.99 Å². The smallest absolute Gasteiger partial charge is 0.252 e. The van der Waals surface area contributed by atoms with Gasteiger partial charge in [0.25, 0.3) is 5.91 Å². The lowest BCUT2D eigenvalue weighted by molar-refractivity contribution is -0.125. The molecule has 1 fully saturated rings. The van der Waals surface area contributed by atoms with Gasteiger partial charge in [0, 0.05) is 5.56 Å². The van der Waals surface area contributed by atoms with Gasteiger partial charge in [-0.3, -0.25) is 10.1 Å². The molecule has 2 aliphatic rings. The van der Waals surface area contributed by atoms with Crippen molar-refractivity contribution in [3.05, 3.63) is 17.9 Å². The van der Waals surface area contributed by atoms with E-state index < -0.39 is 5.54 Å². The molecule has 1 aromatic rings. The van der Waals surface area contributed by atoms with Crippen LogP contribution in [0.1, 0.15) is 19.4 Å². The number of hydrogen-bond donors (Lipinski definition) is 1. The number of carbonyl (C=O) groups excluding carboxylic acids is 1. The van der Waals surface area contributed by atoms with Crippen LogP contribution >= 0.6 is 0 Å². The maximum absolute atomic E-state index is 11.7. The van der Waals surface area contributed by atoms with Gasteiger partial charge >= 0.3 is 0 Å². The van der Waals surface area contributed by atoms with Gasteiger partial charge in [0.05, 0.1) is 12.8 Å². The van der Waals surface area contributed by atoms with Crippen molar-refractivity contribution in [2.75, 3.05) is 0 Å². The van der Waals surface area contributed by atoms with Crippen LogP contribution in [0.25, 0.3) is 0 Å². The molecule has 0 saturated carbocycles. The molecule has 0 bridgehead atoms. The molecule has 2 aliphatic heterocycles. The number of nitrogens with zero attached hydrogens (tertiary/aromatic N) is 2. The van der Waals surface area contributed by atoms with Gasteiger partial charge in [-0.15, -0.1) is 0 Å². The monoisotopic (exact) mass is 205 g/mol. The first kappa shape index (κ1) is 8.52. The molecule has 5 nitrogen and oxygen atoms in total. The molecule has 0 aromatic carbocycles. The molecule has 1 amide bonds. The van der Waals surface area contributed by atoms with E-state index in [0.29, 0.717) is 18.4 Å². The summed E-state index contributed by atoms with van der Waals surface area (Å²) in [5.74, 6) is 1.16. The van der Waals surface area contributed by atoms with E-state index in [1.54, 1.807) is 6.26 Å². The van der Waals surface area contributed by atoms with E-state index in [4.69, 9.17) is 4.42 Å². The summed E-state index contributed by atoms with van der Waals surface area (Å²) in [6, 6.07) is 1.88. The van der Waals surface area contributed by atoms with E-state index in [0.717, 1.165) is 5.56 Å². The lowest BCUT2D eigenvalue weighted by atomic mass is 10.0. The Kier molecular flexibility index (Phi) is 1.37. The lowest BCUT2D eigenvalue weighted by Crippen LogP contribution is -2.44. The molecule has 78 valence electrons. The molecule has 0 radical (unpaired) electrons. The fourth-order valence-corrected chi connectivity index (χ4v) is 1.88. The largest absolute Gasteiger partial charge is 0.446 e. The summed E-state index contributed by atoms with van der Waals surface area (Å²) in [5, 5.41) is 2.75. The molecule has 15 heavy (non-hydrogen) atoms. The number of aliphatic imine (C=N–C) groups is 1. The summed E-state index contributed by atoms with van der Waals surface area (Å²) < 4.78 is 5.20. The van der Waals surface area contributed by atoms with E-state index in [9.17, 15) is 4.79 Å². The maximum atomic E-state index is 11.7. The Bertz CT molecular complexity index is 473. The Morgan fingerprint density at radius 3 is 3.20 bits per heavy atom. The van der Waals surface area contributed by atoms with E-state index in [-0.39, 0.29) is 5.91 Å². The van der Waals surface area contributed by atoms with E-state index in [1.807, 2.05) is 24.8 Å². The SMILES string of the molecule is CC1(C)C(=O)NC2=Nc3occc3CN21. The van der Waals surface area contributed by atoms with Gasteiger partial charge < -0.3 is 9.32 Å². The number of nitrogens with one attached hydrogen (secondary N) is 1. The molecule has 1 saturated heterocycles. The van der Waals surface area contributed by atoms with Gasteiger partial charge in [0.2, 0.25) is 11.8 Å². The van der Waals surface area contributed by atoms with Gasteiger partial charge in [0.15, 0.2) is 0 Å². The first-order valence-corrected chi connectivity index (χ1v) is 4.83. The van der Waals surface area contributed by atoms with Crippen molar-refractivity contribution in [2.45, 2.75) is 25.9 Å². The predicted octanol–water partition coefficient (Wildman–Crippen LogP) is 0.991. The van der Waals surface area contributed by atoms with Crippen LogP contribution in [0.3, 0.4) is 0 Å². The predicted molar refractivity (Wildman–Crippen MR) is 53.6 cm³/mol. The highest BCUT2D eigenvalue weighted by atomic mass is 16.3. The number of carbonyl (C=O) groups is 1. The Morgan fingerprint density at radius 1 is 1.60 bits per heavy atom. The topological polar surface area (TPSA) is 57.8 Å². The fraction of sp³-hybridized carbons (Fsp3) is 0.400. The third-order valence-electron chi connectivity index (χ3n) is 2.97. The van der Waals surface area contributed by atoms with Crippen LogP contribution in [0.2, 0.25) is 0 Å². The van der Waals surface area contributed by atoms with Crippen molar-refractivity contribution in [1.29, 1.82) is 0 Å². The fourth-order valence-electron chi connectivity index (χ4n) is 1.88. The number of guanidine groups is 1. The number of rotatable bonds is 0. The van der Waals surface area contributed by atoms with Gasteiger partial charge in [-0.25, -0.2) is 0 Å². The first-order valence-electron chi connectivity index (χ1n) is 4.83. The highest BCUT2D eigenvalue weighted by Gasteiger charge is 2.46. The minimum absolute atomic E-state index is 0.0218. The molecule has 0 atom stereocenters. The molecular weight excluding hydrogens is 194 g/mol. The van der Waals surface area contributed by atoms with Gasteiger partial charge in [-0.1, -0.05) is 0 Å². The van der Waals surface area contributed by atoms with Crippen LogP contribution in [-0.2, 0) is 11.3 Å². The van der Waals surface area contributed by atoms with E-state index in [2.05, 4.69) is 10.3 Å². The van der Waals surface area contributed by atoms with Crippen molar-refractivity contribution in [3.8, 4) is 0 Å². The third kappa shape index (κ3) is 0.973. The maximum Gasteiger partial charge on any atom is 0.252 e. The summed E-state index contributed by atoms with van der Waals surface area (Å²) in [5.41, 5.74) is 0.483.